The molecule has 1 saturated carbocycles. The number of rotatable bonds is 6. The Morgan fingerprint density at radius 1 is 1.53 bits per heavy atom. The number of nitrogens with one attached hydrogen (secondary N) is 1. The lowest BCUT2D eigenvalue weighted by molar-refractivity contribution is 0.0698. The second kappa shape index (κ2) is 5.07. The quantitative estimate of drug-likeness (QED) is 0.691. The smallest absolute Gasteiger partial charge is 0.340 e. The molecule has 2 rings (SSSR count). The van der Waals surface area contributed by atoms with Crippen LogP contribution in [-0.2, 0) is 0 Å². The normalized spacial score (nSPS) is 16.1. The van der Waals surface area contributed by atoms with E-state index in [1.165, 1.54) is 12.1 Å². The molecule has 104 valence electrons. The van der Waals surface area contributed by atoms with E-state index in [9.17, 15) is 9.18 Å². The van der Waals surface area contributed by atoms with Crippen molar-refractivity contribution in [1.82, 2.24) is 0 Å². The Hall–Kier alpha value is -1.78. The largest absolute Gasteiger partial charge is 0.478 e. The summed E-state index contributed by atoms with van der Waals surface area (Å²) in [5, 5.41) is 12.3. The van der Waals surface area contributed by atoms with Crippen LogP contribution in [0.25, 0.3) is 0 Å². The summed E-state index contributed by atoms with van der Waals surface area (Å²) in [7, 11) is 0. The molecule has 1 aliphatic rings. The average molecular weight is 266 g/mol. The highest BCUT2D eigenvalue weighted by atomic mass is 19.1. The number of nitrogens with two attached hydrogens (primary N) is 1. The van der Waals surface area contributed by atoms with Gasteiger partial charge in [0.25, 0.3) is 0 Å². The van der Waals surface area contributed by atoms with Crippen LogP contribution in [0.5, 0.6) is 0 Å². The van der Waals surface area contributed by atoms with Crippen LogP contribution in [0.1, 0.15) is 43.0 Å². The van der Waals surface area contributed by atoms with Gasteiger partial charge in [-0.2, -0.15) is 0 Å². The molecule has 1 fully saturated rings. The number of benzene rings is 1. The van der Waals surface area contributed by atoms with Crippen molar-refractivity contribution in [3.8, 4) is 0 Å². The Balaban J connectivity index is 2.16. The van der Waals surface area contributed by atoms with Gasteiger partial charge in [0.05, 0.1) is 11.4 Å². The van der Waals surface area contributed by atoms with Crippen LogP contribution in [-0.4, -0.2) is 17.6 Å². The third-order valence-corrected chi connectivity index (χ3v) is 3.80. The van der Waals surface area contributed by atoms with E-state index in [-0.39, 0.29) is 16.7 Å². The molecule has 5 heteroatoms. The van der Waals surface area contributed by atoms with Crippen molar-refractivity contribution in [3.63, 3.8) is 0 Å². The molecule has 0 aromatic heterocycles. The first-order valence-corrected chi connectivity index (χ1v) is 6.54. The van der Waals surface area contributed by atoms with Crippen molar-refractivity contribution in [1.29, 1.82) is 0 Å². The van der Waals surface area contributed by atoms with Crippen LogP contribution in [0.4, 0.5) is 15.8 Å². The summed E-state index contributed by atoms with van der Waals surface area (Å²) in [6.45, 7) is 2.85. The number of nitrogen functional groups attached to an aromatic ring is 1. The monoisotopic (exact) mass is 266 g/mol. The van der Waals surface area contributed by atoms with Gasteiger partial charge in [-0.15, -0.1) is 0 Å². The molecule has 0 aliphatic heterocycles. The van der Waals surface area contributed by atoms with Crippen molar-refractivity contribution in [3.05, 3.63) is 23.5 Å². The van der Waals surface area contributed by atoms with Crippen LogP contribution < -0.4 is 11.1 Å². The number of carbonyl (C=O) groups is 1. The molecule has 0 amide bonds. The van der Waals surface area contributed by atoms with Crippen LogP contribution in [0, 0.1) is 11.2 Å². The molecule has 0 atom stereocenters. The van der Waals surface area contributed by atoms with Gasteiger partial charge in [-0.25, -0.2) is 9.18 Å². The van der Waals surface area contributed by atoms with Gasteiger partial charge in [0.2, 0.25) is 0 Å². The van der Waals surface area contributed by atoms with Gasteiger partial charge in [0.1, 0.15) is 11.4 Å². The number of hydrogen-bond acceptors (Lipinski definition) is 3. The molecule has 19 heavy (non-hydrogen) atoms. The number of hydrogen-bond donors (Lipinski definition) is 3. The van der Waals surface area contributed by atoms with E-state index in [0.29, 0.717) is 12.2 Å². The van der Waals surface area contributed by atoms with E-state index in [1.807, 2.05) is 0 Å². The van der Waals surface area contributed by atoms with Gasteiger partial charge in [0, 0.05) is 6.54 Å². The van der Waals surface area contributed by atoms with Crippen molar-refractivity contribution >= 4 is 17.3 Å². The molecule has 1 aliphatic carbocycles. The highest BCUT2D eigenvalue weighted by Crippen LogP contribution is 2.49. The fourth-order valence-corrected chi connectivity index (χ4v) is 2.48. The maximum atomic E-state index is 13.3. The highest BCUT2D eigenvalue weighted by Gasteiger charge is 2.41. The van der Waals surface area contributed by atoms with Crippen molar-refractivity contribution < 1.29 is 14.3 Å². The zero-order chi connectivity index (χ0) is 14.0. The van der Waals surface area contributed by atoms with E-state index >= 15 is 0 Å². The maximum Gasteiger partial charge on any atom is 0.340 e. The first kappa shape index (κ1) is 13.6. The molecular formula is C14H19FN2O2. The van der Waals surface area contributed by atoms with Crippen LogP contribution in [0.15, 0.2) is 12.1 Å². The lowest BCUT2D eigenvalue weighted by Crippen LogP contribution is -2.18. The number of halogens is 1. The summed E-state index contributed by atoms with van der Waals surface area (Å²) in [5.41, 5.74) is 5.70. The summed E-state index contributed by atoms with van der Waals surface area (Å²) in [6.07, 6.45) is 4.55. The summed E-state index contributed by atoms with van der Waals surface area (Å²) >= 11 is 0. The third-order valence-electron chi connectivity index (χ3n) is 3.80. The average Bonchev–Trinajstić information content (AvgIpc) is 3.11. The van der Waals surface area contributed by atoms with E-state index in [4.69, 9.17) is 10.8 Å². The third kappa shape index (κ3) is 2.80. The summed E-state index contributed by atoms with van der Waals surface area (Å²) in [4.78, 5) is 11.2. The van der Waals surface area contributed by atoms with Gasteiger partial charge < -0.3 is 16.2 Å². The molecular weight excluding hydrogens is 247 g/mol. The molecule has 1 aromatic carbocycles. The van der Waals surface area contributed by atoms with Crippen LogP contribution in [0.3, 0.4) is 0 Å². The zero-order valence-electron chi connectivity index (χ0n) is 11.0. The lowest BCUT2D eigenvalue weighted by atomic mass is 10.0. The SMILES string of the molecule is CCCC1(CNc2ccc(F)c(N)c2C(=O)O)CC1. The van der Waals surface area contributed by atoms with Crippen LogP contribution >= 0.6 is 0 Å². The Bertz CT molecular complexity index is 498. The van der Waals surface area contributed by atoms with Gasteiger partial charge >= 0.3 is 5.97 Å². The Morgan fingerprint density at radius 2 is 2.21 bits per heavy atom. The van der Waals surface area contributed by atoms with Crippen molar-refractivity contribution in [2.24, 2.45) is 5.41 Å². The van der Waals surface area contributed by atoms with E-state index in [1.54, 1.807) is 0 Å². The molecule has 4 N–H and O–H groups in total. The van der Waals surface area contributed by atoms with Crippen molar-refractivity contribution in [2.45, 2.75) is 32.6 Å². The Kier molecular flexibility index (Phi) is 3.64. The molecule has 0 saturated heterocycles. The second-order valence-electron chi connectivity index (χ2n) is 5.29. The van der Waals surface area contributed by atoms with Gasteiger partial charge in [-0.1, -0.05) is 13.3 Å². The van der Waals surface area contributed by atoms with Gasteiger partial charge in [-0.3, -0.25) is 0 Å². The minimum atomic E-state index is -1.21. The molecule has 4 nitrogen and oxygen atoms in total. The first-order chi connectivity index (χ1) is 8.99. The fourth-order valence-electron chi connectivity index (χ4n) is 2.48. The standard InChI is InChI=1S/C14H19FN2O2/c1-2-5-14(6-7-14)8-17-10-4-3-9(15)12(16)11(10)13(18)19/h3-4,17H,2,5-8,16H2,1H3,(H,18,19). The molecule has 0 heterocycles. The number of anilines is 2. The molecule has 0 spiro atoms. The summed E-state index contributed by atoms with van der Waals surface area (Å²) in [6, 6.07) is 2.64. The minimum absolute atomic E-state index is 0.174. The minimum Gasteiger partial charge on any atom is -0.478 e. The summed E-state index contributed by atoms with van der Waals surface area (Å²) < 4.78 is 13.3. The van der Waals surface area contributed by atoms with Crippen LogP contribution in [0.2, 0.25) is 0 Å². The lowest BCUT2D eigenvalue weighted by Gasteiger charge is -2.18. The number of aromatic carboxylic acids is 1. The Labute approximate surface area is 111 Å². The predicted molar refractivity (Wildman–Crippen MR) is 72.8 cm³/mol. The van der Waals surface area contributed by atoms with E-state index < -0.39 is 11.8 Å². The van der Waals surface area contributed by atoms with Crippen molar-refractivity contribution in [2.75, 3.05) is 17.6 Å². The predicted octanol–water partition coefficient (Wildman–Crippen LogP) is 3.10. The summed E-state index contributed by atoms with van der Waals surface area (Å²) in [5.74, 6) is -1.91. The first-order valence-electron chi connectivity index (χ1n) is 6.54. The molecule has 1 aromatic rings. The topological polar surface area (TPSA) is 75.3 Å². The fraction of sp³-hybridized carbons (Fsp3) is 0.500. The number of carboxylic acid groups (broad SMARTS) is 1. The second-order valence-corrected chi connectivity index (χ2v) is 5.29. The molecule has 0 bridgehead atoms. The maximum absolute atomic E-state index is 13.3. The van der Waals surface area contributed by atoms with E-state index in [0.717, 1.165) is 25.7 Å². The molecule has 0 radical (unpaired) electrons. The Morgan fingerprint density at radius 3 is 2.74 bits per heavy atom. The van der Waals surface area contributed by atoms with E-state index in [2.05, 4.69) is 12.2 Å². The molecule has 0 unspecified atom stereocenters. The zero-order valence-corrected chi connectivity index (χ0v) is 11.0. The highest BCUT2D eigenvalue weighted by molar-refractivity contribution is 6.00. The van der Waals surface area contributed by atoms with Gasteiger partial charge in [0.15, 0.2) is 0 Å². The van der Waals surface area contributed by atoms with Gasteiger partial charge in [-0.05, 0) is 36.8 Å². The number of carboxylic acids is 1.